The van der Waals surface area contributed by atoms with Crippen LogP contribution in [0.2, 0.25) is 0 Å². The summed E-state index contributed by atoms with van der Waals surface area (Å²) in [6.07, 6.45) is 2.99. The lowest BCUT2D eigenvalue weighted by Crippen LogP contribution is -2.66. The molecule has 3 heterocycles. The molecule has 3 fully saturated rings. The lowest BCUT2D eigenvalue weighted by atomic mass is 9.78. The van der Waals surface area contributed by atoms with Crippen molar-refractivity contribution in [3.05, 3.63) is 71.9 Å². The molecule has 1 amide bonds. The molecule has 222 valence electrons. The molecule has 0 unspecified atom stereocenters. The van der Waals surface area contributed by atoms with Crippen LogP contribution in [0.15, 0.2) is 60.8 Å². The summed E-state index contributed by atoms with van der Waals surface area (Å²) in [5.41, 5.74) is 1.96. The standard InChI is InChI=1S/C33H40N4O5/c1-31(2,3)42-30(38)35-24-16-27(17-24)40-25-10-6-22(7-11-25)32(4,5)23-8-12-26(13-9-23)41-29-34-15-14-28(36-29)37-18-33(19-37)20-39-21-33/h6-15,24,27H,16-21H2,1-5H3,(H,35,38). The zero-order chi connectivity index (χ0) is 29.5. The zero-order valence-corrected chi connectivity index (χ0v) is 25.1. The van der Waals surface area contributed by atoms with Crippen molar-refractivity contribution in [3.8, 4) is 17.5 Å². The highest BCUT2D eigenvalue weighted by Crippen LogP contribution is 2.40. The number of hydrogen-bond acceptors (Lipinski definition) is 8. The van der Waals surface area contributed by atoms with Crippen LogP contribution in [-0.4, -0.2) is 60.1 Å². The molecule has 1 spiro atoms. The second-order valence-corrected chi connectivity index (χ2v) is 13.4. The minimum atomic E-state index is -0.500. The van der Waals surface area contributed by atoms with Crippen LogP contribution in [0.25, 0.3) is 0 Å². The molecule has 0 radical (unpaired) electrons. The molecule has 2 saturated heterocycles. The molecule has 1 saturated carbocycles. The first-order chi connectivity index (χ1) is 20.0. The van der Waals surface area contributed by atoms with Gasteiger partial charge >= 0.3 is 12.1 Å². The summed E-state index contributed by atoms with van der Waals surface area (Å²) in [4.78, 5) is 23.1. The fraction of sp³-hybridized carbons (Fsp3) is 0.485. The second kappa shape index (κ2) is 10.8. The van der Waals surface area contributed by atoms with Crippen molar-refractivity contribution in [2.75, 3.05) is 31.2 Å². The van der Waals surface area contributed by atoms with Gasteiger partial charge in [0, 0.05) is 43.6 Å². The van der Waals surface area contributed by atoms with Crippen molar-refractivity contribution >= 4 is 11.9 Å². The van der Waals surface area contributed by atoms with Crippen LogP contribution in [0.5, 0.6) is 17.5 Å². The van der Waals surface area contributed by atoms with E-state index >= 15 is 0 Å². The lowest BCUT2D eigenvalue weighted by Gasteiger charge is -2.55. The Morgan fingerprint density at radius 3 is 2.12 bits per heavy atom. The number of aromatic nitrogens is 2. The summed E-state index contributed by atoms with van der Waals surface area (Å²) in [7, 11) is 0. The summed E-state index contributed by atoms with van der Waals surface area (Å²) < 4.78 is 22.8. The fourth-order valence-corrected chi connectivity index (χ4v) is 5.66. The number of amides is 1. The monoisotopic (exact) mass is 572 g/mol. The third kappa shape index (κ3) is 6.16. The number of carbonyl (C=O) groups is 1. The summed E-state index contributed by atoms with van der Waals surface area (Å²) in [5, 5.41) is 2.91. The van der Waals surface area contributed by atoms with Crippen molar-refractivity contribution < 1.29 is 23.7 Å². The Balaban J connectivity index is 1.01. The Hall–Kier alpha value is -3.85. The average Bonchev–Trinajstić information content (AvgIpc) is 2.86. The van der Waals surface area contributed by atoms with Crippen molar-refractivity contribution in [1.29, 1.82) is 0 Å². The maximum Gasteiger partial charge on any atom is 0.407 e. The van der Waals surface area contributed by atoms with E-state index in [0.717, 1.165) is 50.7 Å². The molecule has 6 rings (SSSR count). The Morgan fingerprint density at radius 1 is 0.929 bits per heavy atom. The number of nitrogens with one attached hydrogen (secondary N) is 1. The molecule has 3 aliphatic rings. The molecule has 9 nitrogen and oxygen atoms in total. The molecular formula is C33H40N4O5. The van der Waals surface area contributed by atoms with Gasteiger partial charge in [-0.3, -0.25) is 0 Å². The number of anilines is 1. The van der Waals surface area contributed by atoms with Gasteiger partial charge in [0.05, 0.1) is 18.6 Å². The van der Waals surface area contributed by atoms with Crippen molar-refractivity contribution in [1.82, 2.24) is 15.3 Å². The van der Waals surface area contributed by atoms with Gasteiger partial charge in [-0.2, -0.15) is 4.98 Å². The normalized spacial score (nSPS) is 21.0. The van der Waals surface area contributed by atoms with Gasteiger partial charge in [0.1, 0.15) is 29.0 Å². The second-order valence-electron chi connectivity index (χ2n) is 13.4. The Bertz CT molecular complexity index is 1400. The van der Waals surface area contributed by atoms with Gasteiger partial charge in [0.15, 0.2) is 0 Å². The highest BCUT2D eigenvalue weighted by molar-refractivity contribution is 5.68. The van der Waals surface area contributed by atoms with E-state index in [1.807, 2.05) is 51.1 Å². The number of rotatable bonds is 8. The van der Waals surface area contributed by atoms with E-state index in [4.69, 9.17) is 18.9 Å². The molecule has 9 heteroatoms. The summed E-state index contributed by atoms with van der Waals surface area (Å²) in [5.74, 6) is 2.41. The minimum absolute atomic E-state index is 0.0842. The number of carbonyl (C=O) groups excluding carboxylic acids is 1. The Morgan fingerprint density at radius 2 is 1.55 bits per heavy atom. The molecule has 1 aliphatic carbocycles. The molecule has 3 aromatic rings. The van der Waals surface area contributed by atoms with Crippen LogP contribution in [0.1, 0.15) is 58.6 Å². The van der Waals surface area contributed by atoms with Crippen LogP contribution >= 0.6 is 0 Å². The van der Waals surface area contributed by atoms with Gasteiger partial charge < -0.3 is 29.2 Å². The quantitative estimate of drug-likeness (QED) is 0.358. The molecule has 2 aromatic carbocycles. The van der Waals surface area contributed by atoms with Crippen LogP contribution in [-0.2, 0) is 14.9 Å². The fourth-order valence-electron chi connectivity index (χ4n) is 5.66. The highest BCUT2D eigenvalue weighted by atomic mass is 16.6. The summed E-state index contributed by atoms with van der Waals surface area (Å²) in [6, 6.07) is 18.7. The number of nitrogens with zero attached hydrogens (tertiary/aromatic N) is 3. The maximum absolute atomic E-state index is 12.0. The smallest absolute Gasteiger partial charge is 0.407 e. The van der Waals surface area contributed by atoms with Crippen LogP contribution in [0.3, 0.4) is 0 Å². The zero-order valence-electron chi connectivity index (χ0n) is 25.1. The number of hydrogen-bond donors (Lipinski definition) is 1. The van der Waals surface area contributed by atoms with E-state index in [1.165, 1.54) is 11.1 Å². The van der Waals surface area contributed by atoms with E-state index in [9.17, 15) is 4.79 Å². The van der Waals surface area contributed by atoms with Gasteiger partial charge in [0.2, 0.25) is 0 Å². The lowest BCUT2D eigenvalue weighted by molar-refractivity contribution is -0.127. The van der Waals surface area contributed by atoms with Crippen molar-refractivity contribution in [2.24, 2.45) is 5.41 Å². The van der Waals surface area contributed by atoms with E-state index in [1.54, 1.807) is 6.20 Å². The Labute approximate surface area is 247 Å². The van der Waals surface area contributed by atoms with Gasteiger partial charge in [-0.1, -0.05) is 38.1 Å². The topological polar surface area (TPSA) is 95.0 Å². The molecule has 42 heavy (non-hydrogen) atoms. The average molecular weight is 573 g/mol. The number of ether oxygens (including phenoxy) is 4. The van der Waals surface area contributed by atoms with Crippen LogP contribution in [0, 0.1) is 5.41 Å². The van der Waals surface area contributed by atoms with Gasteiger partial charge in [0.25, 0.3) is 0 Å². The van der Waals surface area contributed by atoms with Crippen LogP contribution < -0.4 is 19.7 Å². The minimum Gasteiger partial charge on any atom is -0.490 e. The molecule has 0 atom stereocenters. The first-order valence-electron chi connectivity index (χ1n) is 14.7. The highest BCUT2D eigenvalue weighted by Gasteiger charge is 2.49. The predicted molar refractivity (Wildman–Crippen MR) is 159 cm³/mol. The largest absolute Gasteiger partial charge is 0.490 e. The SMILES string of the molecule is CC(C)(C)OC(=O)NC1CC(Oc2ccc(C(C)(C)c3ccc(Oc4nccc(N5CC6(COC6)C5)n4)cc3)cc2)C1. The van der Waals surface area contributed by atoms with Crippen molar-refractivity contribution in [3.63, 3.8) is 0 Å². The molecule has 2 aliphatic heterocycles. The molecule has 1 aromatic heterocycles. The summed E-state index contributed by atoms with van der Waals surface area (Å²) in [6.45, 7) is 13.6. The third-order valence-corrected chi connectivity index (χ3v) is 8.29. The Kier molecular flexibility index (Phi) is 7.25. The first kappa shape index (κ1) is 28.3. The van der Waals surface area contributed by atoms with Gasteiger partial charge in [-0.05, 0) is 62.2 Å². The van der Waals surface area contributed by atoms with E-state index in [0.29, 0.717) is 17.2 Å². The van der Waals surface area contributed by atoms with Gasteiger partial charge in [-0.15, -0.1) is 0 Å². The number of alkyl carbamates (subject to hydrolysis) is 1. The van der Waals surface area contributed by atoms with Gasteiger partial charge in [-0.25, -0.2) is 9.78 Å². The predicted octanol–water partition coefficient (Wildman–Crippen LogP) is 5.87. The van der Waals surface area contributed by atoms with Crippen LogP contribution in [0.4, 0.5) is 10.6 Å². The van der Waals surface area contributed by atoms with E-state index < -0.39 is 5.60 Å². The third-order valence-electron chi connectivity index (χ3n) is 8.29. The summed E-state index contributed by atoms with van der Waals surface area (Å²) >= 11 is 0. The first-order valence-corrected chi connectivity index (χ1v) is 14.7. The number of benzene rings is 2. The maximum atomic E-state index is 12.0. The van der Waals surface area contributed by atoms with E-state index in [-0.39, 0.29) is 23.7 Å². The molecular weight excluding hydrogens is 532 g/mol. The molecule has 1 N–H and O–H groups in total. The van der Waals surface area contributed by atoms with E-state index in [2.05, 4.69) is 58.3 Å². The molecule has 0 bridgehead atoms. The van der Waals surface area contributed by atoms with Crippen molar-refractivity contribution in [2.45, 2.75) is 70.6 Å².